The van der Waals surface area contributed by atoms with Gasteiger partial charge in [0.15, 0.2) is 6.61 Å². The van der Waals surface area contributed by atoms with Crippen LogP contribution in [0.3, 0.4) is 0 Å². The van der Waals surface area contributed by atoms with E-state index in [0.717, 1.165) is 24.2 Å². The van der Waals surface area contributed by atoms with Gasteiger partial charge in [-0.2, -0.15) is 0 Å². The van der Waals surface area contributed by atoms with E-state index in [2.05, 4.69) is 24.4 Å². The zero-order valence-corrected chi connectivity index (χ0v) is 18.1. The lowest BCUT2D eigenvalue weighted by molar-refractivity contribution is -0.118. The Kier molecular flexibility index (Phi) is 6.70. The monoisotopic (exact) mass is 429 g/mol. The maximum atomic E-state index is 13.2. The Morgan fingerprint density at radius 1 is 0.938 bits per heavy atom. The van der Waals surface area contributed by atoms with Crippen LogP contribution in [0.5, 0.6) is 5.75 Å². The molecule has 4 rings (SSSR count). The number of para-hydroxylation sites is 1. The fraction of sp³-hybridized carbons (Fsp3) is 0.231. The van der Waals surface area contributed by atoms with Crippen molar-refractivity contribution in [2.24, 2.45) is 0 Å². The number of benzene rings is 3. The van der Waals surface area contributed by atoms with Gasteiger partial charge in [-0.1, -0.05) is 48.5 Å². The van der Waals surface area contributed by atoms with Crippen molar-refractivity contribution in [3.8, 4) is 5.75 Å². The summed E-state index contributed by atoms with van der Waals surface area (Å²) < 4.78 is 5.47. The fourth-order valence-corrected chi connectivity index (χ4v) is 3.84. The van der Waals surface area contributed by atoms with Crippen molar-refractivity contribution in [2.75, 3.05) is 29.9 Å². The second kappa shape index (κ2) is 10.0. The molecule has 1 heterocycles. The Balaban J connectivity index is 1.36. The summed E-state index contributed by atoms with van der Waals surface area (Å²) in [4.78, 5) is 29.1. The molecular formula is C26H27N3O3. The highest BCUT2D eigenvalue weighted by Crippen LogP contribution is 2.28. The van der Waals surface area contributed by atoms with Crippen molar-refractivity contribution in [2.45, 2.75) is 19.4 Å². The molecule has 1 atom stereocenters. The normalized spacial score (nSPS) is 14.7. The van der Waals surface area contributed by atoms with E-state index in [-0.39, 0.29) is 24.6 Å². The quantitative estimate of drug-likeness (QED) is 0.569. The molecule has 3 amide bonds. The molecule has 1 saturated heterocycles. The molecule has 0 unspecified atom stereocenters. The van der Waals surface area contributed by atoms with Crippen LogP contribution in [0.1, 0.15) is 24.9 Å². The first-order valence-corrected chi connectivity index (χ1v) is 10.8. The van der Waals surface area contributed by atoms with E-state index in [4.69, 9.17) is 4.74 Å². The Labute approximate surface area is 188 Å². The number of anilines is 2. The second-order valence-electron chi connectivity index (χ2n) is 7.76. The summed E-state index contributed by atoms with van der Waals surface area (Å²) in [6.07, 6.45) is 0.901. The molecule has 3 aromatic rings. The highest BCUT2D eigenvalue weighted by atomic mass is 16.5. The van der Waals surface area contributed by atoms with Crippen LogP contribution in [-0.2, 0) is 4.79 Å². The van der Waals surface area contributed by atoms with Crippen LogP contribution in [0.25, 0.3) is 0 Å². The molecule has 3 aromatic carbocycles. The molecule has 0 bridgehead atoms. The van der Waals surface area contributed by atoms with Crippen LogP contribution in [0.2, 0.25) is 0 Å². The number of hydrogen-bond donors (Lipinski definition) is 1. The van der Waals surface area contributed by atoms with Crippen LogP contribution in [0.15, 0.2) is 84.9 Å². The van der Waals surface area contributed by atoms with Crippen LogP contribution < -0.4 is 15.0 Å². The smallest absolute Gasteiger partial charge is 0.324 e. The van der Waals surface area contributed by atoms with Gasteiger partial charge in [0.1, 0.15) is 5.75 Å². The molecule has 1 aliphatic heterocycles. The standard InChI is InChI=1S/C26H27N3O3/c1-20(21-9-4-2-5-10-21)28-17-8-18-29(26(28)31)23-15-13-22(14-16-23)27-25(30)19-32-24-11-6-3-7-12-24/h2-7,9-16,20H,8,17-19H2,1H3,(H,27,30)/t20-/m1/s1. The number of urea groups is 1. The molecule has 164 valence electrons. The number of rotatable bonds is 7. The van der Waals surface area contributed by atoms with Crippen molar-refractivity contribution < 1.29 is 14.3 Å². The molecule has 0 saturated carbocycles. The topological polar surface area (TPSA) is 61.9 Å². The Morgan fingerprint density at radius 2 is 1.59 bits per heavy atom. The highest BCUT2D eigenvalue weighted by Gasteiger charge is 2.30. The Morgan fingerprint density at radius 3 is 2.28 bits per heavy atom. The van der Waals surface area contributed by atoms with Crippen molar-refractivity contribution >= 4 is 23.3 Å². The molecule has 1 aliphatic rings. The number of nitrogens with one attached hydrogen (secondary N) is 1. The summed E-state index contributed by atoms with van der Waals surface area (Å²) in [5.74, 6) is 0.411. The lowest BCUT2D eigenvalue weighted by atomic mass is 10.1. The van der Waals surface area contributed by atoms with Gasteiger partial charge in [-0.15, -0.1) is 0 Å². The van der Waals surface area contributed by atoms with Crippen LogP contribution in [-0.4, -0.2) is 36.5 Å². The summed E-state index contributed by atoms with van der Waals surface area (Å²) in [6.45, 7) is 3.41. The molecular weight excluding hydrogens is 402 g/mol. The van der Waals surface area contributed by atoms with Gasteiger partial charge in [-0.25, -0.2) is 4.79 Å². The molecule has 6 heteroatoms. The maximum Gasteiger partial charge on any atom is 0.324 e. The lowest BCUT2D eigenvalue weighted by Gasteiger charge is -2.39. The van der Waals surface area contributed by atoms with Gasteiger partial charge in [0.25, 0.3) is 5.91 Å². The first-order chi connectivity index (χ1) is 15.6. The third kappa shape index (κ3) is 5.09. The average molecular weight is 430 g/mol. The molecule has 1 fully saturated rings. The third-order valence-electron chi connectivity index (χ3n) is 5.58. The molecule has 0 aromatic heterocycles. The van der Waals surface area contributed by atoms with Gasteiger partial charge in [-0.05, 0) is 55.3 Å². The van der Waals surface area contributed by atoms with E-state index >= 15 is 0 Å². The summed E-state index contributed by atoms with van der Waals surface area (Å²) >= 11 is 0. The molecule has 6 nitrogen and oxygen atoms in total. The minimum absolute atomic E-state index is 0.000602. The van der Waals surface area contributed by atoms with Crippen LogP contribution in [0.4, 0.5) is 16.2 Å². The maximum absolute atomic E-state index is 13.2. The number of carbonyl (C=O) groups excluding carboxylic acids is 2. The van der Waals surface area contributed by atoms with Crippen LogP contribution in [0, 0.1) is 0 Å². The highest BCUT2D eigenvalue weighted by molar-refractivity contribution is 5.94. The number of ether oxygens (including phenoxy) is 1. The Bertz CT molecular complexity index is 1040. The fourth-order valence-electron chi connectivity index (χ4n) is 3.84. The minimum atomic E-state index is -0.237. The number of carbonyl (C=O) groups is 2. The Hall–Kier alpha value is -3.80. The van der Waals surface area contributed by atoms with E-state index in [1.165, 1.54) is 0 Å². The second-order valence-corrected chi connectivity index (χ2v) is 7.76. The van der Waals surface area contributed by atoms with Gasteiger partial charge < -0.3 is 15.0 Å². The van der Waals surface area contributed by atoms with E-state index in [1.807, 2.05) is 65.6 Å². The first-order valence-electron chi connectivity index (χ1n) is 10.8. The van der Waals surface area contributed by atoms with Gasteiger partial charge in [0.05, 0.1) is 6.04 Å². The van der Waals surface area contributed by atoms with Crippen molar-refractivity contribution in [3.05, 3.63) is 90.5 Å². The van der Waals surface area contributed by atoms with Crippen molar-refractivity contribution in [1.29, 1.82) is 0 Å². The molecule has 0 radical (unpaired) electrons. The average Bonchev–Trinajstić information content (AvgIpc) is 2.84. The largest absolute Gasteiger partial charge is 0.484 e. The molecule has 0 aliphatic carbocycles. The zero-order valence-electron chi connectivity index (χ0n) is 18.1. The zero-order chi connectivity index (χ0) is 22.3. The minimum Gasteiger partial charge on any atom is -0.484 e. The lowest BCUT2D eigenvalue weighted by Crippen LogP contribution is -2.50. The predicted molar refractivity (Wildman–Crippen MR) is 126 cm³/mol. The van der Waals surface area contributed by atoms with E-state index in [1.54, 1.807) is 17.0 Å². The number of amides is 3. The molecule has 1 N–H and O–H groups in total. The molecule has 0 spiro atoms. The van der Waals surface area contributed by atoms with Gasteiger partial charge >= 0.3 is 6.03 Å². The van der Waals surface area contributed by atoms with E-state index in [9.17, 15) is 9.59 Å². The van der Waals surface area contributed by atoms with Crippen molar-refractivity contribution in [1.82, 2.24) is 4.90 Å². The predicted octanol–water partition coefficient (Wildman–Crippen LogP) is 5.10. The molecule has 32 heavy (non-hydrogen) atoms. The van der Waals surface area contributed by atoms with Gasteiger partial charge in [0.2, 0.25) is 0 Å². The number of nitrogens with zero attached hydrogens (tertiary/aromatic N) is 2. The van der Waals surface area contributed by atoms with E-state index < -0.39 is 0 Å². The van der Waals surface area contributed by atoms with Gasteiger partial charge in [0, 0.05) is 24.5 Å². The SMILES string of the molecule is C[C@H](c1ccccc1)N1CCCN(c2ccc(NC(=O)COc3ccccc3)cc2)C1=O. The van der Waals surface area contributed by atoms with E-state index in [0.29, 0.717) is 18.0 Å². The summed E-state index contributed by atoms with van der Waals surface area (Å²) in [6, 6.07) is 26.6. The van der Waals surface area contributed by atoms with Crippen LogP contribution >= 0.6 is 0 Å². The summed E-state index contributed by atoms with van der Waals surface area (Å²) in [5.41, 5.74) is 2.60. The summed E-state index contributed by atoms with van der Waals surface area (Å²) in [7, 11) is 0. The number of hydrogen-bond acceptors (Lipinski definition) is 3. The summed E-state index contributed by atoms with van der Waals surface area (Å²) in [5, 5.41) is 2.82. The van der Waals surface area contributed by atoms with Crippen molar-refractivity contribution in [3.63, 3.8) is 0 Å². The third-order valence-corrected chi connectivity index (χ3v) is 5.58. The van der Waals surface area contributed by atoms with Gasteiger partial charge in [-0.3, -0.25) is 9.69 Å². The first kappa shape index (κ1) is 21.4.